The Kier molecular flexibility index (Phi) is 33.0. The molecule has 0 unspecified atom stereocenters. The summed E-state index contributed by atoms with van der Waals surface area (Å²) in [6.45, 7) is 11.4. The molecule has 0 saturated heterocycles. The Balaban J connectivity index is -0.0000000522. The summed E-state index contributed by atoms with van der Waals surface area (Å²) in [7, 11) is -4.64. The average molecular weight is 271 g/mol. The maximum Gasteiger partial charge on any atom is 2.00 e. The van der Waals surface area contributed by atoms with Gasteiger partial charge in [-0.2, -0.15) is 12.8 Å². The summed E-state index contributed by atoms with van der Waals surface area (Å²) in [5.74, 6) is 0. The number of hydrogen-bond donors (Lipinski definition) is 3. The van der Waals surface area contributed by atoms with Gasteiger partial charge in [-0.15, -0.1) is 0 Å². The third-order valence-electron chi connectivity index (χ3n) is 0.707. The summed E-state index contributed by atoms with van der Waals surface area (Å²) >= 11 is 0. The summed E-state index contributed by atoms with van der Waals surface area (Å²) in [6.07, 6.45) is 4.56. The molecule has 0 saturated carbocycles. The van der Waals surface area contributed by atoms with Crippen molar-refractivity contribution in [3.05, 3.63) is 13.8 Å². The van der Waals surface area contributed by atoms with Crippen molar-refractivity contribution in [2.75, 3.05) is 0 Å². The second-order valence-corrected chi connectivity index (χ2v) is 3.25. The van der Waals surface area contributed by atoms with Crippen molar-refractivity contribution in [3.63, 3.8) is 0 Å². The first-order valence-electron chi connectivity index (χ1n) is 4.20. The molecule has 0 aromatic heterocycles. The van der Waals surface area contributed by atoms with Crippen molar-refractivity contribution in [1.29, 1.82) is 0 Å². The first-order valence-corrected chi connectivity index (χ1v) is 5.76. The monoisotopic (exact) mass is 270 g/mol. The van der Waals surface area contributed by atoms with Gasteiger partial charge in [0.05, 0.1) is 0 Å². The summed E-state index contributed by atoms with van der Waals surface area (Å²) in [5, 5.41) is 0. The van der Waals surface area contributed by atoms with Crippen molar-refractivity contribution in [1.82, 2.24) is 0 Å². The molecular weight excluding hydrogens is 250 g/mol. The Bertz CT molecular complexity index is 99.6. The fraction of sp³-hybridized carbons (Fsp3) is 0.750. The van der Waals surface area contributed by atoms with E-state index in [0.29, 0.717) is 0 Å². The second-order valence-electron chi connectivity index (χ2n) is 2.22. The van der Waals surface area contributed by atoms with Crippen LogP contribution >= 0.6 is 7.82 Å². The van der Waals surface area contributed by atoms with Crippen LogP contribution in [0.15, 0.2) is 0 Å². The van der Waals surface area contributed by atoms with Crippen LogP contribution in [0.2, 0.25) is 0 Å². The van der Waals surface area contributed by atoms with Gasteiger partial charge in [0.25, 0.3) is 0 Å². The standard InChI is InChI=1S/2C4H9.Ni.H3O4P/c2*1-3-4-2;;1-5(2,3)4/h2*1,3-4H2,2H3;;(H3,1,2,3,4)/q2*-1;+2;. The molecule has 0 rings (SSSR count). The maximum absolute atomic E-state index is 8.88. The van der Waals surface area contributed by atoms with Gasteiger partial charge in [-0.25, -0.2) is 4.57 Å². The zero-order valence-electron chi connectivity index (χ0n) is 8.76. The van der Waals surface area contributed by atoms with E-state index in [4.69, 9.17) is 19.2 Å². The van der Waals surface area contributed by atoms with Gasteiger partial charge in [-0.3, -0.25) is 0 Å². The Morgan fingerprint density at radius 1 is 1.00 bits per heavy atom. The largest absolute Gasteiger partial charge is 2.00 e. The van der Waals surface area contributed by atoms with Crippen molar-refractivity contribution < 1.29 is 35.7 Å². The number of hydrogen-bond acceptors (Lipinski definition) is 1. The quantitative estimate of drug-likeness (QED) is 0.409. The minimum absolute atomic E-state index is 0. The topological polar surface area (TPSA) is 77.8 Å². The molecule has 0 aromatic carbocycles. The average Bonchev–Trinajstić information content (AvgIpc) is 2.01. The van der Waals surface area contributed by atoms with Gasteiger partial charge < -0.3 is 28.5 Å². The van der Waals surface area contributed by atoms with Crippen molar-refractivity contribution >= 4 is 7.82 Å². The van der Waals surface area contributed by atoms with Crippen LogP contribution in [0.25, 0.3) is 0 Å². The molecule has 4 nitrogen and oxygen atoms in total. The van der Waals surface area contributed by atoms with E-state index in [1.165, 1.54) is 12.8 Å². The van der Waals surface area contributed by atoms with E-state index >= 15 is 0 Å². The third-order valence-corrected chi connectivity index (χ3v) is 0.707. The van der Waals surface area contributed by atoms with Crippen LogP contribution in [-0.2, 0) is 21.1 Å². The normalized spacial score (nSPS) is 8.50. The van der Waals surface area contributed by atoms with E-state index in [9.17, 15) is 0 Å². The molecule has 0 aliphatic carbocycles. The van der Waals surface area contributed by atoms with Gasteiger partial charge in [-0.05, 0) is 0 Å². The van der Waals surface area contributed by atoms with Crippen LogP contribution in [0.1, 0.15) is 39.5 Å². The first-order chi connectivity index (χ1) is 5.83. The number of phosphoric acid groups is 1. The molecule has 0 aliphatic heterocycles. The first kappa shape index (κ1) is 24.0. The smallest absolute Gasteiger partial charge is 0.343 e. The maximum atomic E-state index is 8.88. The molecule has 92 valence electrons. The minimum atomic E-state index is -4.64. The summed E-state index contributed by atoms with van der Waals surface area (Å²) in [5.41, 5.74) is 0. The molecule has 0 spiro atoms. The van der Waals surface area contributed by atoms with E-state index in [0.717, 1.165) is 12.8 Å². The van der Waals surface area contributed by atoms with E-state index in [2.05, 4.69) is 27.7 Å². The van der Waals surface area contributed by atoms with Gasteiger partial charge in [0.15, 0.2) is 0 Å². The van der Waals surface area contributed by atoms with Crippen molar-refractivity contribution in [2.24, 2.45) is 0 Å². The summed E-state index contributed by atoms with van der Waals surface area (Å²) in [4.78, 5) is 21.6. The molecule has 0 atom stereocenters. The molecule has 0 aromatic rings. The zero-order chi connectivity index (χ0) is 11.3. The van der Waals surface area contributed by atoms with Crippen LogP contribution in [-0.4, -0.2) is 14.7 Å². The zero-order valence-corrected chi connectivity index (χ0v) is 10.6. The van der Waals surface area contributed by atoms with E-state index in [1.807, 2.05) is 0 Å². The third kappa shape index (κ3) is 250. The van der Waals surface area contributed by atoms with Gasteiger partial charge in [-0.1, -0.05) is 26.7 Å². The molecule has 0 radical (unpaired) electrons. The van der Waals surface area contributed by atoms with Crippen LogP contribution in [0.5, 0.6) is 0 Å². The number of rotatable bonds is 2. The summed E-state index contributed by atoms with van der Waals surface area (Å²) in [6, 6.07) is 0. The van der Waals surface area contributed by atoms with Gasteiger partial charge in [0.1, 0.15) is 0 Å². The fourth-order valence-corrected chi connectivity index (χ4v) is 0. The van der Waals surface area contributed by atoms with Gasteiger partial charge in [0, 0.05) is 0 Å². The van der Waals surface area contributed by atoms with Crippen LogP contribution in [0.3, 0.4) is 0 Å². The molecule has 6 heteroatoms. The van der Waals surface area contributed by atoms with Gasteiger partial charge in [0.2, 0.25) is 0 Å². The Labute approximate surface area is 97.3 Å². The predicted octanol–water partition coefficient (Wildman–Crippen LogP) is 2.31. The minimum Gasteiger partial charge on any atom is -0.343 e. The second kappa shape index (κ2) is 19.2. The fourth-order valence-electron chi connectivity index (χ4n) is 0. The van der Waals surface area contributed by atoms with Crippen molar-refractivity contribution in [2.45, 2.75) is 39.5 Å². The molecule has 0 aliphatic rings. The van der Waals surface area contributed by atoms with Crippen molar-refractivity contribution in [3.8, 4) is 0 Å². The van der Waals surface area contributed by atoms with E-state index in [-0.39, 0.29) is 16.5 Å². The molecule has 0 amide bonds. The van der Waals surface area contributed by atoms with E-state index in [1.54, 1.807) is 0 Å². The van der Waals surface area contributed by atoms with Crippen LogP contribution in [0.4, 0.5) is 0 Å². The molecular formula is C8H21NiO4P. The number of unbranched alkanes of at least 4 members (excludes halogenated alkanes) is 2. The molecule has 3 N–H and O–H groups in total. The molecule has 14 heavy (non-hydrogen) atoms. The van der Waals surface area contributed by atoms with E-state index < -0.39 is 7.82 Å². The predicted molar refractivity (Wildman–Crippen MR) is 54.8 cm³/mol. The van der Waals surface area contributed by atoms with Gasteiger partial charge >= 0.3 is 24.3 Å². The Morgan fingerprint density at radius 2 is 1.07 bits per heavy atom. The Morgan fingerprint density at radius 3 is 1.07 bits per heavy atom. The molecule has 0 heterocycles. The Hall–Kier alpha value is 0.604. The SMILES string of the molecule is O=P(O)(O)O.[CH2-]CCC.[CH2-]CCC.[Ni+2]. The summed E-state index contributed by atoms with van der Waals surface area (Å²) < 4.78 is 8.88. The van der Waals surface area contributed by atoms with Crippen LogP contribution < -0.4 is 0 Å². The molecule has 0 fully saturated rings. The molecule has 0 bridgehead atoms. The van der Waals surface area contributed by atoms with Crippen LogP contribution in [0, 0.1) is 13.8 Å².